The molecule has 0 amide bonds. The second-order valence-corrected chi connectivity index (χ2v) is 7.74. The minimum absolute atomic E-state index is 0.0196. The summed E-state index contributed by atoms with van der Waals surface area (Å²) in [6.45, 7) is 23.3. The Hall–Kier alpha value is -1.70. The van der Waals surface area contributed by atoms with Crippen LogP contribution >= 0.6 is 0 Å². The van der Waals surface area contributed by atoms with Crippen LogP contribution in [0.5, 0.6) is 0 Å². The molecule has 0 atom stereocenters. The van der Waals surface area contributed by atoms with Crippen LogP contribution in [0.25, 0.3) is 0 Å². The molecule has 0 heterocycles. The number of nitrogens with one attached hydrogen (secondary N) is 2. The van der Waals surface area contributed by atoms with Crippen molar-refractivity contribution in [2.24, 2.45) is 5.41 Å². The van der Waals surface area contributed by atoms with E-state index in [2.05, 4.69) is 90.5 Å². The van der Waals surface area contributed by atoms with E-state index in [0.717, 1.165) is 22.6 Å². The SMILES string of the molecule is C=C(Nc1ccc(NC(C)(C)C)cc1C)C(=C)C(C)(C)C. The number of hydrogen-bond acceptors (Lipinski definition) is 2. The van der Waals surface area contributed by atoms with Crippen molar-refractivity contribution in [3.63, 3.8) is 0 Å². The second kappa shape index (κ2) is 5.97. The fourth-order valence-corrected chi connectivity index (χ4v) is 2.01. The molecule has 0 unspecified atom stereocenters. The Balaban J connectivity index is 2.87. The van der Waals surface area contributed by atoms with Crippen molar-refractivity contribution in [1.29, 1.82) is 0 Å². The number of rotatable bonds is 4. The predicted molar refractivity (Wildman–Crippen MR) is 95.9 cm³/mol. The quantitative estimate of drug-likeness (QED) is 0.690. The van der Waals surface area contributed by atoms with Gasteiger partial charge in [0.1, 0.15) is 0 Å². The molecule has 0 radical (unpaired) electrons. The van der Waals surface area contributed by atoms with E-state index in [-0.39, 0.29) is 11.0 Å². The lowest BCUT2D eigenvalue weighted by molar-refractivity contribution is 0.513. The molecule has 2 N–H and O–H groups in total. The van der Waals surface area contributed by atoms with Crippen molar-refractivity contribution in [2.75, 3.05) is 10.6 Å². The third kappa shape index (κ3) is 5.30. The number of anilines is 2. The van der Waals surface area contributed by atoms with Gasteiger partial charge in [0.25, 0.3) is 0 Å². The lowest BCUT2D eigenvalue weighted by Gasteiger charge is -2.26. The lowest BCUT2D eigenvalue weighted by Crippen LogP contribution is -2.26. The molecule has 1 aromatic carbocycles. The maximum Gasteiger partial charge on any atom is 0.0415 e. The van der Waals surface area contributed by atoms with Gasteiger partial charge in [0.2, 0.25) is 0 Å². The number of hydrogen-bond donors (Lipinski definition) is 2. The average Bonchev–Trinajstić information content (AvgIpc) is 2.28. The van der Waals surface area contributed by atoms with Crippen molar-refractivity contribution >= 4 is 11.4 Å². The highest BCUT2D eigenvalue weighted by Crippen LogP contribution is 2.31. The second-order valence-electron chi connectivity index (χ2n) is 7.74. The van der Waals surface area contributed by atoms with Crippen LogP contribution in [0, 0.1) is 12.3 Å². The molecule has 0 aliphatic carbocycles. The number of aryl methyl sites for hydroxylation is 1. The van der Waals surface area contributed by atoms with E-state index in [4.69, 9.17) is 0 Å². The van der Waals surface area contributed by atoms with E-state index in [1.807, 2.05) is 0 Å². The van der Waals surface area contributed by atoms with Crippen LogP contribution in [0.4, 0.5) is 11.4 Å². The molecule has 0 aliphatic heterocycles. The molecule has 0 fully saturated rings. The van der Waals surface area contributed by atoms with Crippen LogP contribution < -0.4 is 10.6 Å². The predicted octanol–water partition coefficient (Wildman–Crippen LogP) is 5.73. The van der Waals surface area contributed by atoms with Crippen molar-refractivity contribution in [1.82, 2.24) is 0 Å². The molecule has 21 heavy (non-hydrogen) atoms. The molecule has 1 rings (SSSR count). The zero-order valence-corrected chi connectivity index (χ0v) is 14.6. The summed E-state index contributed by atoms with van der Waals surface area (Å²) in [7, 11) is 0. The van der Waals surface area contributed by atoms with Gasteiger partial charge in [0.05, 0.1) is 0 Å². The summed E-state index contributed by atoms with van der Waals surface area (Å²) < 4.78 is 0. The Kier molecular flexibility index (Phi) is 4.93. The molecule has 0 aliphatic rings. The van der Waals surface area contributed by atoms with Crippen LogP contribution in [0.1, 0.15) is 47.1 Å². The summed E-state index contributed by atoms with van der Waals surface area (Å²) >= 11 is 0. The summed E-state index contributed by atoms with van der Waals surface area (Å²) in [6, 6.07) is 6.33. The van der Waals surface area contributed by atoms with E-state index in [1.54, 1.807) is 0 Å². The minimum atomic E-state index is 0.0196. The molecule has 116 valence electrons. The fraction of sp³-hybridized carbons (Fsp3) is 0.474. The summed E-state index contributed by atoms with van der Waals surface area (Å²) in [5, 5.41) is 6.87. The van der Waals surface area contributed by atoms with Gasteiger partial charge in [-0.25, -0.2) is 0 Å². The summed E-state index contributed by atoms with van der Waals surface area (Å²) in [5.74, 6) is 0. The number of allylic oxidation sites excluding steroid dienone is 1. The van der Waals surface area contributed by atoms with E-state index in [9.17, 15) is 0 Å². The van der Waals surface area contributed by atoms with E-state index in [1.165, 1.54) is 5.56 Å². The van der Waals surface area contributed by atoms with E-state index < -0.39 is 0 Å². The van der Waals surface area contributed by atoms with Crippen LogP contribution in [0.3, 0.4) is 0 Å². The van der Waals surface area contributed by atoms with Gasteiger partial charge in [-0.2, -0.15) is 0 Å². The zero-order chi connectivity index (χ0) is 16.4. The van der Waals surface area contributed by atoms with Gasteiger partial charge >= 0.3 is 0 Å². The van der Waals surface area contributed by atoms with Crippen LogP contribution in [-0.4, -0.2) is 5.54 Å². The van der Waals surface area contributed by atoms with Crippen molar-refractivity contribution < 1.29 is 0 Å². The Morgan fingerprint density at radius 3 is 2.00 bits per heavy atom. The molecule has 0 spiro atoms. The third-order valence-electron chi connectivity index (χ3n) is 3.30. The molecular formula is C19H30N2. The molecular weight excluding hydrogens is 256 g/mol. The first kappa shape index (κ1) is 17.4. The standard InChI is InChI=1S/C19H30N2/c1-13-12-16(21-19(7,8)9)10-11-17(13)20-15(3)14(2)18(4,5)6/h10-12,20-21H,2-3H2,1,4-9H3. The molecule has 0 saturated heterocycles. The van der Waals surface area contributed by atoms with Crippen molar-refractivity contribution in [3.05, 3.63) is 48.2 Å². The zero-order valence-electron chi connectivity index (χ0n) is 14.6. The Bertz CT molecular complexity index is 540. The highest BCUT2D eigenvalue weighted by Gasteiger charge is 2.18. The maximum atomic E-state index is 4.14. The first-order chi connectivity index (χ1) is 9.40. The summed E-state index contributed by atoms with van der Waals surface area (Å²) in [4.78, 5) is 0. The van der Waals surface area contributed by atoms with Crippen LogP contribution in [0.2, 0.25) is 0 Å². The van der Waals surface area contributed by atoms with Gasteiger partial charge in [-0.15, -0.1) is 0 Å². The van der Waals surface area contributed by atoms with Gasteiger partial charge in [-0.05, 0) is 62.4 Å². The van der Waals surface area contributed by atoms with E-state index >= 15 is 0 Å². The fourth-order valence-electron chi connectivity index (χ4n) is 2.01. The van der Waals surface area contributed by atoms with Crippen LogP contribution in [0.15, 0.2) is 42.6 Å². The van der Waals surface area contributed by atoms with Gasteiger partial charge < -0.3 is 10.6 Å². The first-order valence-electron chi connectivity index (χ1n) is 7.45. The highest BCUT2D eigenvalue weighted by molar-refractivity contribution is 5.63. The molecule has 0 bridgehead atoms. The molecule has 1 aromatic rings. The Labute approximate surface area is 130 Å². The van der Waals surface area contributed by atoms with Crippen molar-refractivity contribution in [2.45, 2.75) is 54.0 Å². The molecule has 0 saturated carbocycles. The Morgan fingerprint density at radius 1 is 1.00 bits per heavy atom. The number of benzene rings is 1. The summed E-state index contributed by atoms with van der Waals surface area (Å²) in [5.41, 5.74) is 5.38. The largest absolute Gasteiger partial charge is 0.380 e. The molecule has 2 heteroatoms. The first-order valence-corrected chi connectivity index (χ1v) is 7.45. The highest BCUT2D eigenvalue weighted by atomic mass is 15.0. The maximum absolute atomic E-state index is 4.14. The summed E-state index contributed by atoms with van der Waals surface area (Å²) in [6.07, 6.45) is 0. The third-order valence-corrected chi connectivity index (χ3v) is 3.30. The van der Waals surface area contributed by atoms with Gasteiger partial charge in [-0.1, -0.05) is 33.9 Å². The minimum Gasteiger partial charge on any atom is -0.380 e. The van der Waals surface area contributed by atoms with Gasteiger partial charge in [-0.3, -0.25) is 0 Å². The normalized spacial score (nSPS) is 12.0. The van der Waals surface area contributed by atoms with Gasteiger partial charge in [0.15, 0.2) is 0 Å². The monoisotopic (exact) mass is 286 g/mol. The lowest BCUT2D eigenvalue weighted by atomic mass is 9.86. The molecule has 2 nitrogen and oxygen atoms in total. The molecule has 0 aromatic heterocycles. The van der Waals surface area contributed by atoms with Crippen molar-refractivity contribution in [3.8, 4) is 0 Å². The van der Waals surface area contributed by atoms with Crippen LogP contribution in [-0.2, 0) is 0 Å². The van der Waals surface area contributed by atoms with E-state index in [0.29, 0.717) is 0 Å². The smallest absolute Gasteiger partial charge is 0.0415 e. The van der Waals surface area contributed by atoms with Gasteiger partial charge in [0, 0.05) is 22.6 Å². The topological polar surface area (TPSA) is 24.1 Å². The Morgan fingerprint density at radius 2 is 1.57 bits per heavy atom. The average molecular weight is 286 g/mol.